The number of esters is 1. The predicted molar refractivity (Wildman–Crippen MR) is 80.5 cm³/mol. The van der Waals surface area contributed by atoms with Crippen molar-refractivity contribution >= 4 is 11.9 Å². The average molecular weight is 290 g/mol. The van der Waals surface area contributed by atoms with Crippen LogP contribution in [0, 0.1) is 5.92 Å². The van der Waals surface area contributed by atoms with E-state index in [1.54, 1.807) is 18.3 Å². The molecule has 0 spiro atoms. The van der Waals surface area contributed by atoms with E-state index in [4.69, 9.17) is 4.74 Å². The lowest BCUT2D eigenvalue weighted by molar-refractivity contribution is -0.148. The van der Waals surface area contributed by atoms with Gasteiger partial charge in [0.2, 0.25) is 5.91 Å². The Labute approximate surface area is 125 Å². The SMILES string of the molecule is C=CCOC(=O)[C@@H](NC(=O)Cc1ccccn1)[C@@H](C)CC. The Balaban J connectivity index is 2.65. The van der Waals surface area contributed by atoms with E-state index in [9.17, 15) is 9.59 Å². The molecule has 0 saturated heterocycles. The molecule has 2 atom stereocenters. The smallest absolute Gasteiger partial charge is 0.329 e. The van der Waals surface area contributed by atoms with Crippen molar-refractivity contribution < 1.29 is 14.3 Å². The first-order valence-electron chi connectivity index (χ1n) is 7.05. The van der Waals surface area contributed by atoms with Gasteiger partial charge in [0.15, 0.2) is 0 Å². The van der Waals surface area contributed by atoms with Gasteiger partial charge in [-0.25, -0.2) is 4.79 Å². The Morgan fingerprint density at radius 3 is 2.81 bits per heavy atom. The van der Waals surface area contributed by atoms with Crippen molar-refractivity contribution in [3.8, 4) is 0 Å². The maximum Gasteiger partial charge on any atom is 0.329 e. The van der Waals surface area contributed by atoms with Crippen molar-refractivity contribution in [2.24, 2.45) is 5.92 Å². The van der Waals surface area contributed by atoms with Crippen LogP contribution in [0.4, 0.5) is 0 Å². The lowest BCUT2D eigenvalue weighted by Crippen LogP contribution is -2.46. The van der Waals surface area contributed by atoms with Gasteiger partial charge in [0.05, 0.1) is 6.42 Å². The van der Waals surface area contributed by atoms with E-state index in [-0.39, 0.29) is 24.9 Å². The first kappa shape index (κ1) is 16.9. The molecule has 1 N–H and O–H groups in total. The van der Waals surface area contributed by atoms with Gasteiger partial charge in [-0.3, -0.25) is 9.78 Å². The number of carbonyl (C=O) groups excluding carboxylic acids is 2. The van der Waals surface area contributed by atoms with E-state index in [2.05, 4.69) is 16.9 Å². The highest BCUT2D eigenvalue weighted by molar-refractivity contribution is 5.85. The van der Waals surface area contributed by atoms with Crippen molar-refractivity contribution in [3.05, 3.63) is 42.7 Å². The zero-order valence-corrected chi connectivity index (χ0v) is 12.5. The summed E-state index contributed by atoms with van der Waals surface area (Å²) in [4.78, 5) is 28.1. The van der Waals surface area contributed by atoms with Crippen LogP contribution < -0.4 is 5.32 Å². The van der Waals surface area contributed by atoms with Gasteiger partial charge in [-0.15, -0.1) is 0 Å². The minimum absolute atomic E-state index is 0.00463. The highest BCUT2D eigenvalue weighted by Gasteiger charge is 2.27. The number of aromatic nitrogens is 1. The van der Waals surface area contributed by atoms with Crippen LogP contribution in [0.5, 0.6) is 0 Å². The number of hydrogen-bond donors (Lipinski definition) is 1. The van der Waals surface area contributed by atoms with Gasteiger partial charge in [0, 0.05) is 11.9 Å². The van der Waals surface area contributed by atoms with Gasteiger partial charge in [-0.1, -0.05) is 39.0 Å². The Bertz CT molecular complexity index is 474. The number of ether oxygens (including phenoxy) is 1. The Hall–Kier alpha value is -2.17. The third-order valence-electron chi connectivity index (χ3n) is 3.19. The van der Waals surface area contributed by atoms with E-state index in [1.165, 1.54) is 6.08 Å². The molecule has 21 heavy (non-hydrogen) atoms. The molecule has 0 aliphatic carbocycles. The number of carbonyl (C=O) groups is 2. The third kappa shape index (κ3) is 5.77. The van der Waals surface area contributed by atoms with Gasteiger partial charge in [0.25, 0.3) is 0 Å². The van der Waals surface area contributed by atoms with Crippen molar-refractivity contribution in [2.75, 3.05) is 6.61 Å². The maximum atomic E-state index is 12.0. The van der Waals surface area contributed by atoms with Crippen LogP contribution in [0.15, 0.2) is 37.1 Å². The lowest BCUT2D eigenvalue weighted by Gasteiger charge is -2.22. The van der Waals surface area contributed by atoms with E-state index in [0.29, 0.717) is 5.69 Å². The molecular formula is C16H22N2O3. The summed E-state index contributed by atoms with van der Waals surface area (Å²) in [7, 11) is 0. The minimum atomic E-state index is -0.647. The number of nitrogens with zero attached hydrogens (tertiary/aromatic N) is 1. The zero-order chi connectivity index (χ0) is 15.7. The second-order valence-corrected chi connectivity index (χ2v) is 4.85. The quantitative estimate of drug-likeness (QED) is 0.586. The fourth-order valence-corrected chi connectivity index (χ4v) is 1.79. The molecule has 0 unspecified atom stereocenters. The normalized spacial score (nSPS) is 13.0. The summed E-state index contributed by atoms with van der Waals surface area (Å²) in [5, 5.41) is 2.74. The summed E-state index contributed by atoms with van der Waals surface area (Å²) >= 11 is 0. The van der Waals surface area contributed by atoms with Crippen molar-refractivity contribution in [2.45, 2.75) is 32.7 Å². The van der Waals surface area contributed by atoms with E-state index in [0.717, 1.165) is 6.42 Å². The zero-order valence-electron chi connectivity index (χ0n) is 12.5. The van der Waals surface area contributed by atoms with E-state index >= 15 is 0 Å². The van der Waals surface area contributed by atoms with E-state index < -0.39 is 12.0 Å². The first-order chi connectivity index (χ1) is 10.1. The largest absolute Gasteiger partial charge is 0.460 e. The van der Waals surface area contributed by atoms with Crippen LogP contribution in [0.2, 0.25) is 0 Å². The maximum absolute atomic E-state index is 12.0. The lowest BCUT2D eigenvalue weighted by atomic mass is 9.99. The Kier molecular flexibility index (Phi) is 7.15. The molecule has 1 aromatic heterocycles. The Morgan fingerprint density at radius 1 is 1.48 bits per heavy atom. The standard InChI is InChI=1S/C16H22N2O3/c1-4-10-21-16(20)15(12(3)5-2)18-14(19)11-13-8-6-7-9-17-13/h4,6-9,12,15H,1,5,10-11H2,2-3H3,(H,18,19)/t12-,15-/m0/s1. The highest BCUT2D eigenvalue weighted by Crippen LogP contribution is 2.10. The molecule has 0 aliphatic heterocycles. The summed E-state index contributed by atoms with van der Waals surface area (Å²) in [5.74, 6) is -0.678. The summed E-state index contributed by atoms with van der Waals surface area (Å²) in [6.07, 6.45) is 4.04. The number of pyridine rings is 1. The van der Waals surface area contributed by atoms with Crippen LogP contribution in [-0.2, 0) is 20.7 Å². The molecule has 114 valence electrons. The fourth-order valence-electron chi connectivity index (χ4n) is 1.79. The number of amides is 1. The van der Waals surface area contributed by atoms with Crippen molar-refractivity contribution in [1.82, 2.24) is 10.3 Å². The molecule has 0 aromatic carbocycles. The van der Waals surface area contributed by atoms with Gasteiger partial charge in [-0.05, 0) is 18.1 Å². The van der Waals surface area contributed by atoms with Crippen LogP contribution in [0.25, 0.3) is 0 Å². The van der Waals surface area contributed by atoms with Gasteiger partial charge < -0.3 is 10.1 Å². The molecule has 1 amide bonds. The summed E-state index contributed by atoms with van der Waals surface area (Å²) in [5.41, 5.74) is 0.664. The fraction of sp³-hybridized carbons (Fsp3) is 0.438. The molecule has 1 rings (SSSR count). The summed E-state index contributed by atoms with van der Waals surface area (Å²) in [6, 6.07) is 4.73. The second-order valence-electron chi connectivity index (χ2n) is 4.85. The monoisotopic (exact) mass is 290 g/mol. The summed E-state index contributed by atoms with van der Waals surface area (Å²) < 4.78 is 5.04. The molecule has 0 aliphatic rings. The van der Waals surface area contributed by atoms with Gasteiger partial charge in [-0.2, -0.15) is 0 Å². The van der Waals surface area contributed by atoms with Crippen LogP contribution >= 0.6 is 0 Å². The predicted octanol–water partition coefficient (Wildman–Crippen LogP) is 1.88. The van der Waals surface area contributed by atoms with E-state index in [1.807, 2.05) is 19.9 Å². The molecule has 0 bridgehead atoms. The van der Waals surface area contributed by atoms with Crippen molar-refractivity contribution in [3.63, 3.8) is 0 Å². The van der Waals surface area contributed by atoms with Crippen molar-refractivity contribution in [1.29, 1.82) is 0 Å². The van der Waals surface area contributed by atoms with Crippen LogP contribution in [0.3, 0.4) is 0 Å². The number of nitrogens with one attached hydrogen (secondary N) is 1. The molecule has 0 saturated carbocycles. The highest BCUT2D eigenvalue weighted by atomic mass is 16.5. The first-order valence-corrected chi connectivity index (χ1v) is 7.05. The Morgan fingerprint density at radius 2 is 2.24 bits per heavy atom. The summed E-state index contributed by atoms with van der Waals surface area (Å²) in [6.45, 7) is 7.51. The molecule has 0 fully saturated rings. The minimum Gasteiger partial charge on any atom is -0.460 e. The molecule has 0 radical (unpaired) electrons. The third-order valence-corrected chi connectivity index (χ3v) is 3.19. The molecule has 1 heterocycles. The number of hydrogen-bond acceptors (Lipinski definition) is 4. The molecule has 5 nitrogen and oxygen atoms in total. The van der Waals surface area contributed by atoms with Gasteiger partial charge in [0.1, 0.15) is 12.6 Å². The molecule has 5 heteroatoms. The second kappa shape index (κ2) is 8.89. The van der Waals surface area contributed by atoms with Gasteiger partial charge >= 0.3 is 5.97 Å². The average Bonchev–Trinajstić information content (AvgIpc) is 2.50. The molecule has 1 aromatic rings. The topological polar surface area (TPSA) is 68.3 Å². The number of rotatable bonds is 8. The van der Waals surface area contributed by atoms with Crippen LogP contribution in [-0.4, -0.2) is 29.5 Å². The van der Waals surface area contributed by atoms with Crippen LogP contribution in [0.1, 0.15) is 26.0 Å². The molecular weight excluding hydrogens is 268 g/mol.